The van der Waals surface area contributed by atoms with Gasteiger partial charge in [-0.25, -0.2) is 9.97 Å². The topological polar surface area (TPSA) is 93.0 Å². The lowest BCUT2D eigenvalue weighted by Crippen LogP contribution is -2.20. The van der Waals surface area contributed by atoms with E-state index in [1.165, 1.54) is 19.2 Å². The van der Waals surface area contributed by atoms with Gasteiger partial charge in [0.2, 0.25) is 11.6 Å². The highest BCUT2D eigenvalue weighted by molar-refractivity contribution is 5.69. The number of nitro groups is 1. The number of rotatable bonds is 6. The molecule has 0 aromatic carbocycles. The fraction of sp³-hybridized carbons (Fsp3) is 0.571. The summed E-state index contributed by atoms with van der Waals surface area (Å²) in [7, 11) is 0. The lowest BCUT2D eigenvalue weighted by atomic mass is 10.1. The normalized spacial score (nSPS) is 16.0. The van der Waals surface area contributed by atoms with E-state index in [9.17, 15) is 10.1 Å². The Bertz CT molecular complexity index is 498. The van der Waals surface area contributed by atoms with E-state index >= 15 is 0 Å². The monoisotopic (exact) mass is 291 g/mol. The molecule has 1 heterocycles. The zero-order valence-electron chi connectivity index (χ0n) is 12.0. The molecule has 0 amide bonds. The first kappa shape index (κ1) is 15.2. The summed E-state index contributed by atoms with van der Waals surface area (Å²) in [4.78, 5) is 18.9. The van der Waals surface area contributed by atoms with Crippen LogP contribution < -0.4 is 10.6 Å². The molecule has 0 spiro atoms. The maximum absolute atomic E-state index is 11.3. The Hall–Kier alpha value is -2.18. The van der Waals surface area contributed by atoms with Crippen LogP contribution in [0.4, 0.5) is 17.3 Å². The molecule has 114 valence electrons. The lowest BCUT2D eigenvalue weighted by molar-refractivity contribution is -0.383. The molecule has 7 nitrogen and oxygen atoms in total. The molecule has 1 aromatic rings. The van der Waals surface area contributed by atoms with Gasteiger partial charge in [-0.1, -0.05) is 31.8 Å². The molecule has 1 aromatic heterocycles. The summed E-state index contributed by atoms with van der Waals surface area (Å²) < 4.78 is 0. The van der Waals surface area contributed by atoms with Crippen molar-refractivity contribution in [3.8, 4) is 0 Å². The number of hydrogen-bond donors (Lipinski definition) is 2. The van der Waals surface area contributed by atoms with Gasteiger partial charge in [-0.15, -0.1) is 6.58 Å². The molecule has 0 aliphatic heterocycles. The molecule has 7 heteroatoms. The second-order valence-corrected chi connectivity index (χ2v) is 5.18. The third kappa shape index (κ3) is 4.14. The van der Waals surface area contributed by atoms with E-state index in [4.69, 9.17) is 0 Å². The van der Waals surface area contributed by atoms with E-state index < -0.39 is 4.92 Å². The van der Waals surface area contributed by atoms with Crippen LogP contribution in [0.3, 0.4) is 0 Å². The van der Waals surface area contributed by atoms with Gasteiger partial charge in [0.25, 0.3) is 0 Å². The Morgan fingerprint density at radius 1 is 1.29 bits per heavy atom. The van der Waals surface area contributed by atoms with Crippen LogP contribution in [0.5, 0.6) is 0 Å². The minimum absolute atomic E-state index is 0.0939. The van der Waals surface area contributed by atoms with Gasteiger partial charge in [-0.05, 0) is 12.8 Å². The smallest absolute Gasteiger partial charge is 0.353 e. The van der Waals surface area contributed by atoms with Gasteiger partial charge in [-0.2, -0.15) is 0 Å². The summed E-state index contributed by atoms with van der Waals surface area (Å²) in [6.07, 6.45) is 9.79. The van der Waals surface area contributed by atoms with Crippen LogP contribution in [0.15, 0.2) is 19.0 Å². The van der Waals surface area contributed by atoms with Crippen molar-refractivity contribution in [2.24, 2.45) is 0 Å². The fourth-order valence-corrected chi connectivity index (χ4v) is 2.57. The molecule has 0 atom stereocenters. The molecule has 2 rings (SSSR count). The van der Waals surface area contributed by atoms with Crippen LogP contribution >= 0.6 is 0 Å². The molecule has 0 saturated heterocycles. The molecule has 2 N–H and O–H groups in total. The highest BCUT2D eigenvalue weighted by Crippen LogP contribution is 2.30. The standard InChI is InChI=1S/C14H21N5O2/c1-2-9-15-13-12(19(20)21)14(17-10-16-13)18-11-7-5-3-4-6-8-11/h2,10-11H,1,3-9H2,(H2,15,16,17,18). The summed E-state index contributed by atoms with van der Waals surface area (Å²) in [5.41, 5.74) is -0.0939. The molecule has 0 radical (unpaired) electrons. The molecular formula is C14H21N5O2. The zero-order chi connectivity index (χ0) is 15.1. The molecular weight excluding hydrogens is 270 g/mol. The number of aromatic nitrogens is 2. The Morgan fingerprint density at radius 3 is 2.57 bits per heavy atom. The first-order valence-corrected chi connectivity index (χ1v) is 7.33. The molecule has 1 aliphatic rings. The molecule has 21 heavy (non-hydrogen) atoms. The molecule has 0 unspecified atom stereocenters. The SMILES string of the molecule is C=CCNc1ncnc(NC2CCCCCC2)c1[N+](=O)[O-]. The van der Waals surface area contributed by atoms with E-state index in [0.717, 1.165) is 25.7 Å². The van der Waals surface area contributed by atoms with Crippen LogP contribution in [0.25, 0.3) is 0 Å². The van der Waals surface area contributed by atoms with Gasteiger partial charge in [0.1, 0.15) is 6.33 Å². The maximum Gasteiger partial charge on any atom is 0.353 e. The summed E-state index contributed by atoms with van der Waals surface area (Å²) in [5, 5.41) is 17.4. The average molecular weight is 291 g/mol. The predicted molar refractivity (Wildman–Crippen MR) is 82.5 cm³/mol. The number of nitrogens with one attached hydrogen (secondary N) is 2. The molecule has 1 aliphatic carbocycles. The van der Waals surface area contributed by atoms with Crippen LogP contribution in [-0.4, -0.2) is 27.5 Å². The number of nitrogens with zero attached hydrogens (tertiary/aromatic N) is 3. The Kier molecular flexibility index (Phi) is 5.48. The minimum Gasteiger partial charge on any atom is -0.361 e. The molecule has 1 saturated carbocycles. The molecule has 0 bridgehead atoms. The highest BCUT2D eigenvalue weighted by Gasteiger charge is 2.24. The van der Waals surface area contributed by atoms with Gasteiger partial charge in [0.15, 0.2) is 0 Å². The van der Waals surface area contributed by atoms with Gasteiger partial charge in [-0.3, -0.25) is 10.1 Å². The largest absolute Gasteiger partial charge is 0.361 e. The van der Waals surface area contributed by atoms with Crippen LogP contribution in [-0.2, 0) is 0 Å². The summed E-state index contributed by atoms with van der Waals surface area (Å²) >= 11 is 0. The third-order valence-electron chi connectivity index (χ3n) is 3.61. The maximum atomic E-state index is 11.3. The van der Waals surface area contributed by atoms with E-state index in [2.05, 4.69) is 27.2 Å². The quantitative estimate of drug-likeness (QED) is 0.362. The van der Waals surface area contributed by atoms with Crippen molar-refractivity contribution in [1.29, 1.82) is 0 Å². The van der Waals surface area contributed by atoms with Crippen molar-refractivity contribution in [2.75, 3.05) is 17.2 Å². The van der Waals surface area contributed by atoms with E-state index in [-0.39, 0.29) is 17.5 Å². The van der Waals surface area contributed by atoms with Gasteiger partial charge in [0, 0.05) is 12.6 Å². The van der Waals surface area contributed by atoms with Crippen molar-refractivity contribution in [3.63, 3.8) is 0 Å². The predicted octanol–water partition coefficient (Wildman–Crippen LogP) is 3.12. The summed E-state index contributed by atoms with van der Waals surface area (Å²) in [6.45, 7) is 4.00. The van der Waals surface area contributed by atoms with Crippen molar-refractivity contribution < 1.29 is 4.92 Å². The van der Waals surface area contributed by atoms with Crippen molar-refractivity contribution in [3.05, 3.63) is 29.1 Å². The Morgan fingerprint density at radius 2 is 1.95 bits per heavy atom. The molecule has 1 fully saturated rings. The number of anilines is 2. The average Bonchev–Trinajstić information content (AvgIpc) is 2.73. The zero-order valence-corrected chi connectivity index (χ0v) is 12.0. The van der Waals surface area contributed by atoms with Crippen molar-refractivity contribution in [2.45, 2.75) is 44.6 Å². The van der Waals surface area contributed by atoms with Gasteiger partial charge in [0.05, 0.1) is 4.92 Å². The Balaban J connectivity index is 2.20. The third-order valence-corrected chi connectivity index (χ3v) is 3.61. The van der Waals surface area contributed by atoms with Gasteiger partial charge >= 0.3 is 5.69 Å². The van der Waals surface area contributed by atoms with E-state index in [0.29, 0.717) is 12.4 Å². The summed E-state index contributed by atoms with van der Waals surface area (Å²) in [6, 6.07) is 0.244. The lowest BCUT2D eigenvalue weighted by Gasteiger charge is -2.17. The van der Waals surface area contributed by atoms with E-state index in [1.54, 1.807) is 6.08 Å². The highest BCUT2D eigenvalue weighted by atomic mass is 16.6. The minimum atomic E-state index is -0.440. The fourth-order valence-electron chi connectivity index (χ4n) is 2.57. The first-order chi connectivity index (χ1) is 10.2. The van der Waals surface area contributed by atoms with Crippen LogP contribution in [0.1, 0.15) is 38.5 Å². The summed E-state index contributed by atoms with van der Waals surface area (Å²) in [5.74, 6) is 0.527. The second kappa shape index (κ2) is 7.56. The Labute approximate surface area is 124 Å². The van der Waals surface area contributed by atoms with Crippen molar-refractivity contribution >= 4 is 17.3 Å². The van der Waals surface area contributed by atoms with Crippen molar-refractivity contribution in [1.82, 2.24) is 9.97 Å². The van der Waals surface area contributed by atoms with Crippen LogP contribution in [0.2, 0.25) is 0 Å². The number of hydrogen-bond acceptors (Lipinski definition) is 6. The first-order valence-electron chi connectivity index (χ1n) is 7.33. The van der Waals surface area contributed by atoms with Gasteiger partial charge < -0.3 is 10.6 Å². The second-order valence-electron chi connectivity index (χ2n) is 5.18. The van der Waals surface area contributed by atoms with E-state index in [1.807, 2.05) is 0 Å². The van der Waals surface area contributed by atoms with Crippen LogP contribution in [0, 0.1) is 10.1 Å².